The molecule has 60 valence electrons. The molecule has 4 nitrogen and oxygen atoms in total. The second kappa shape index (κ2) is 2.73. The van der Waals surface area contributed by atoms with E-state index >= 15 is 0 Å². The van der Waals surface area contributed by atoms with Gasteiger partial charge in [0.05, 0.1) is 17.6 Å². The molecule has 0 N–H and O–H groups in total. The molecule has 0 radical (unpaired) electrons. The Hall–Kier alpha value is -1.71. The molecule has 0 amide bonds. The summed E-state index contributed by atoms with van der Waals surface area (Å²) in [6.45, 7) is 1.91. The number of hydrogen-bond acceptors (Lipinski definition) is 3. The summed E-state index contributed by atoms with van der Waals surface area (Å²) in [6, 6.07) is 3.77. The van der Waals surface area contributed by atoms with Crippen LogP contribution in [0.4, 0.5) is 0 Å². The van der Waals surface area contributed by atoms with Crippen LogP contribution in [0, 0.1) is 6.92 Å². The zero-order chi connectivity index (χ0) is 8.39. The van der Waals surface area contributed by atoms with Crippen LogP contribution in [-0.2, 0) is 0 Å². The topological polar surface area (TPSA) is 43.6 Å². The molecule has 0 saturated heterocycles. The Morgan fingerprint density at radius 2 is 2.00 bits per heavy atom. The highest BCUT2D eigenvalue weighted by atomic mass is 15.4. The molecule has 2 rings (SSSR count). The Kier molecular flexibility index (Phi) is 1.59. The molecule has 0 aromatic carbocycles. The van der Waals surface area contributed by atoms with Gasteiger partial charge in [0.1, 0.15) is 0 Å². The van der Waals surface area contributed by atoms with E-state index in [1.54, 1.807) is 17.1 Å². The number of aryl methyl sites for hydroxylation is 1. The van der Waals surface area contributed by atoms with E-state index in [2.05, 4.69) is 15.3 Å². The first kappa shape index (κ1) is 6.97. The van der Waals surface area contributed by atoms with Gasteiger partial charge in [-0.1, -0.05) is 5.21 Å². The van der Waals surface area contributed by atoms with E-state index in [9.17, 15) is 0 Å². The standard InChI is InChI=1S/C8H8N4/c1-7-6-12(11-10-7)8-2-4-9-5-3-8/h2-6H,1H3. The summed E-state index contributed by atoms with van der Waals surface area (Å²) in [5, 5.41) is 7.81. The summed E-state index contributed by atoms with van der Waals surface area (Å²) in [5.41, 5.74) is 1.89. The normalized spacial score (nSPS) is 10.1. The van der Waals surface area contributed by atoms with Gasteiger partial charge < -0.3 is 0 Å². The number of hydrogen-bond donors (Lipinski definition) is 0. The van der Waals surface area contributed by atoms with Crippen LogP contribution in [0.3, 0.4) is 0 Å². The summed E-state index contributed by atoms with van der Waals surface area (Å²) in [4.78, 5) is 3.92. The number of rotatable bonds is 1. The van der Waals surface area contributed by atoms with Crippen molar-refractivity contribution in [3.05, 3.63) is 36.4 Å². The monoisotopic (exact) mass is 160 g/mol. The Bertz CT molecular complexity index is 366. The summed E-state index contributed by atoms with van der Waals surface area (Å²) in [5.74, 6) is 0. The predicted octanol–water partition coefficient (Wildman–Crippen LogP) is 0.971. The van der Waals surface area contributed by atoms with Crippen molar-refractivity contribution in [2.24, 2.45) is 0 Å². The Balaban J connectivity index is 2.45. The van der Waals surface area contributed by atoms with Crippen molar-refractivity contribution in [1.82, 2.24) is 20.0 Å². The van der Waals surface area contributed by atoms with Crippen LogP contribution in [-0.4, -0.2) is 20.0 Å². The largest absolute Gasteiger partial charge is 0.265 e. The predicted molar refractivity (Wildman–Crippen MR) is 43.9 cm³/mol. The van der Waals surface area contributed by atoms with Crippen molar-refractivity contribution in [3.63, 3.8) is 0 Å². The van der Waals surface area contributed by atoms with Crippen molar-refractivity contribution in [2.75, 3.05) is 0 Å². The smallest absolute Gasteiger partial charge is 0.0800 e. The van der Waals surface area contributed by atoms with Gasteiger partial charge in [0.15, 0.2) is 0 Å². The molecule has 4 heteroatoms. The van der Waals surface area contributed by atoms with Crippen LogP contribution in [0.2, 0.25) is 0 Å². The lowest BCUT2D eigenvalue weighted by Crippen LogP contribution is -1.94. The zero-order valence-corrected chi connectivity index (χ0v) is 6.68. The molecule has 2 aromatic heterocycles. The molecule has 0 spiro atoms. The van der Waals surface area contributed by atoms with Crippen LogP contribution in [0.25, 0.3) is 5.69 Å². The number of nitrogens with zero attached hydrogens (tertiary/aromatic N) is 4. The third-order valence-electron chi connectivity index (χ3n) is 1.54. The van der Waals surface area contributed by atoms with Crippen molar-refractivity contribution in [2.45, 2.75) is 6.92 Å². The second-order valence-electron chi connectivity index (χ2n) is 2.51. The minimum atomic E-state index is 0.909. The maximum Gasteiger partial charge on any atom is 0.0800 e. The molecule has 0 unspecified atom stereocenters. The average Bonchev–Trinajstić information content (AvgIpc) is 2.54. The van der Waals surface area contributed by atoms with Crippen LogP contribution >= 0.6 is 0 Å². The summed E-state index contributed by atoms with van der Waals surface area (Å²) < 4.78 is 1.72. The van der Waals surface area contributed by atoms with Gasteiger partial charge in [0, 0.05) is 12.4 Å². The highest BCUT2D eigenvalue weighted by Crippen LogP contribution is 2.02. The third kappa shape index (κ3) is 1.18. The summed E-state index contributed by atoms with van der Waals surface area (Å²) in [7, 11) is 0. The molecular formula is C8H8N4. The fraction of sp³-hybridized carbons (Fsp3) is 0.125. The lowest BCUT2D eigenvalue weighted by molar-refractivity contribution is 0.799. The highest BCUT2D eigenvalue weighted by molar-refractivity contribution is 5.26. The van der Waals surface area contributed by atoms with E-state index in [0.29, 0.717) is 0 Å². The van der Waals surface area contributed by atoms with E-state index in [-0.39, 0.29) is 0 Å². The molecule has 0 aliphatic carbocycles. The van der Waals surface area contributed by atoms with Gasteiger partial charge in [0.2, 0.25) is 0 Å². The van der Waals surface area contributed by atoms with Gasteiger partial charge in [-0.15, -0.1) is 5.10 Å². The maximum atomic E-state index is 3.92. The first-order valence-electron chi connectivity index (χ1n) is 3.65. The van der Waals surface area contributed by atoms with Gasteiger partial charge in [-0.05, 0) is 19.1 Å². The summed E-state index contributed by atoms with van der Waals surface area (Å²) in [6.07, 6.45) is 5.33. The lowest BCUT2D eigenvalue weighted by Gasteiger charge is -1.96. The van der Waals surface area contributed by atoms with Crippen molar-refractivity contribution < 1.29 is 0 Å². The van der Waals surface area contributed by atoms with Crippen LogP contribution < -0.4 is 0 Å². The van der Waals surface area contributed by atoms with Gasteiger partial charge in [0.25, 0.3) is 0 Å². The molecular weight excluding hydrogens is 152 g/mol. The molecule has 0 aliphatic rings. The highest BCUT2D eigenvalue weighted by Gasteiger charge is 1.96. The van der Waals surface area contributed by atoms with E-state index < -0.39 is 0 Å². The maximum absolute atomic E-state index is 3.92. The molecule has 0 saturated carbocycles. The SMILES string of the molecule is Cc1cn(-c2ccncc2)nn1. The molecule has 0 bridgehead atoms. The van der Waals surface area contributed by atoms with E-state index in [1.807, 2.05) is 25.3 Å². The third-order valence-corrected chi connectivity index (χ3v) is 1.54. The van der Waals surface area contributed by atoms with E-state index in [0.717, 1.165) is 11.4 Å². The first-order chi connectivity index (χ1) is 5.86. The zero-order valence-electron chi connectivity index (χ0n) is 6.68. The van der Waals surface area contributed by atoms with E-state index in [1.165, 1.54) is 0 Å². The number of aromatic nitrogens is 4. The Morgan fingerprint density at radius 3 is 2.58 bits per heavy atom. The van der Waals surface area contributed by atoms with Crippen LogP contribution in [0.1, 0.15) is 5.69 Å². The van der Waals surface area contributed by atoms with Gasteiger partial charge in [-0.3, -0.25) is 4.98 Å². The molecule has 0 atom stereocenters. The fourth-order valence-electron chi connectivity index (χ4n) is 0.970. The van der Waals surface area contributed by atoms with Crippen LogP contribution in [0.5, 0.6) is 0 Å². The van der Waals surface area contributed by atoms with Crippen molar-refractivity contribution in [3.8, 4) is 5.69 Å². The Morgan fingerprint density at radius 1 is 1.25 bits per heavy atom. The van der Waals surface area contributed by atoms with Crippen molar-refractivity contribution in [1.29, 1.82) is 0 Å². The van der Waals surface area contributed by atoms with Gasteiger partial charge in [-0.25, -0.2) is 4.68 Å². The molecule has 0 aliphatic heterocycles. The quantitative estimate of drug-likeness (QED) is 0.624. The van der Waals surface area contributed by atoms with Gasteiger partial charge >= 0.3 is 0 Å². The number of pyridine rings is 1. The molecule has 0 fully saturated rings. The van der Waals surface area contributed by atoms with Gasteiger partial charge in [-0.2, -0.15) is 0 Å². The Labute approximate surface area is 69.9 Å². The summed E-state index contributed by atoms with van der Waals surface area (Å²) >= 11 is 0. The van der Waals surface area contributed by atoms with Crippen LogP contribution in [0.15, 0.2) is 30.7 Å². The molecule has 2 aromatic rings. The fourth-order valence-corrected chi connectivity index (χ4v) is 0.970. The molecule has 12 heavy (non-hydrogen) atoms. The van der Waals surface area contributed by atoms with Crippen molar-refractivity contribution >= 4 is 0 Å². The minimum Gasteiger partial charge on any atom is -0.265 e. The average molecular weight is 160 g/mol. The molecule has 2 heterocycles. The second-order valence-corrected chi connectivity index (χ2v) is 2.51. The van der Waals surface area contributed by atoms with E-state index in [4.69, 9.17) is 0 Å². The minimum absolute atomic E-state index is 0.909. The lowest BCUT2D eigenvalue weighted by atomic mass is 10.4. The first-order valence-corrected chi connectivity index (χ1v) is 3.65.